The highest BCUT2D eigenvalue weighted by atomic mass is 16.3. The standard InChI is InChI=1S/C18H17NO2/c1-2-3-11-16-17(14-8-5-4-6-9-14)19(18(16)20)13-15-10-7-12-21-15/h2-12,16-17H,1,13H2/b11-3+/t16-,17+/m1/s1. The van der Waals surface area contributed by atoms with E-state index in [0.717, 1.165) is 11.3 Å². The Hall–Kier alpha value is -2.55. The zero-order valence-electron chi connectivity index (χ0n) is 11.7. The molecule has 1 aromatic carbocycles. The van der Waals surface area contributed by atoms with Crippen LogP contribution in [0.15, 0.2) is 78.0 Å². The van der Waals surface area contributed by atoms with Crippen LogP contribution in [-0.4, -0.2) is 10.8 Å². The maximum absolute atomic E-state index is 12.4. The van der Waals surface area contributed by atoms with Gasteiger partial charge in [-0.15, -0.1) is 0 Å². The van der Waals surface area contributed by atoms with Crippen molar-refractivity contribution in [1.82, 2.24) is 4.90 Å². The summed E-state index contributed by atoms with van der Waals surface area (Å²) >= 11 is 0. The first-order chi connectivity index (χ1) is 10.3. The predicted molar refractivity (Wildman–Crippen MR) is 81.3 cm³/mol. The minimum atomic E-state index is -0.125. The molecule has 0 spiro atoms. The van der Waals surface area contributed by atoms with E-state index in [1.54, 1.807) is 12.3 Å². The highest BCUT2D eigenvalue weighted by molar-refractivity contribution is 5.88. The maximum Gasteiger partial charge on any atom is 0.232 e. The van der Waals surface area contributed by atoms with Gasteiger partial charge >= 0.3 is 0 Å². The molecular weight excluding hydrogens is 262 g/mol. The zero-order valence-corrected chi connectivity index (χ0v) is 11.7. The van der Waals surface area contributed by atoms with Crippen molar-refractivity contribution in [3.05, 3.63) is 84.9 Å². The lowest BCUT2D eigenvalue weighted by atomic mass is 9.82. The SMILES string of the molecule is C=C/C=C/[C@H]1C(=O)N(Cc2ccco2)[C@H]1c1ccccc1. The molecule has 2 atom stereocenters. The molecule has 1 aliphatic rings. The largest absolute Gasteiger partial charge is 0.467 e. The first kappa shape index (κ1) is 13.4. The number of rotatable bonds is 5. The molecule has 21 heavy (non-hydrogen) atoms. The van der Waals surface area contributed by atoms with Crippen molar-refractivity contribution in [3.63, 3.8) is 0 Å². The van der Waals surface area contributed by atoms with Crippen molar-refractivity contribution in [2.75, 3.05) is 0 Å². The monoisotopic (exact) mass is 279 g/mol. The Morgan fingerprint density at radius 1 is 1.19 bits per heavy atom. The Balaban J connectivity index is 1.86. The van der Waals surface area contributed by atoms with Crippen LogP contribution in [0.1, 0.15) is 17.4 Å². The summed E-state index contributed by atoms with van der Waals surface area (Å²) in [6.07, 6.45) is 7.09. The Morgan fingerprint density at radius 2 is 2.00 bits per heavy atom. The van der Waals surface area contributed by atoms with Crippen LogP contribution in [0, 0.1) is 5.92 Å². The fourth-order valence-corrected chi connectivity index (χ4v) is 2.75. The van der Waals surface area contributed by atoms with Gasteiger partial charge in [-0.05, 0) is 17.7 Å². The number of hydrogen-bond donors (Lipinski definition) is 0. The summed E-state index contributed by atoms with van der Waals surface area (Å²) in [5, 5.41) is 0. The van der Waals surface area contributed by atoms with Gasteiger partial charge in [-0.25, -0.2) is 0 Å². The average Bonchev–Trinajstić information content (AvgIpc) is 3.03. The Bertz CT molecular complexity index is 643. The number of hydrogen-bond acceptors (Lipinski definition) is 2. The fourth-order valence-electron chi connectivity index (χ4n) is 2.75. The van der Waals surface area contributed by atoms with Gasteiger partial charge in [0.05, 0.1) is 24.8 Å². The fraction of sp³-hybridized carbons (Fsp3) is 0.167. The normalized spacial score (nSPS) is 21.5. The summed E-state index contributed by atoms with van der Waals surface area (Å²) in [7, 11) is 0. The lowest BCUT2D eigenvalue weighted by Crippen LogP contribution is -2.53. The molecule has 0 N–H and O–H groups in total. The van der Waals surface area contributed by atoms with Crippen molar-refractivity contribution >= 4 is 5.91 Å². The molecule has 2 heterocycles. The molecule has 1 aliphatic heterocycles. The van der Waals surface area contributed by atoms with Crippen LogP contribution < -0.4 is 0 Å². The summed E-state index contributed by atoms with van der Waals surface area (Å²) in [6.45, 7) is 4.17. The summed E-state index contributed by atoms with van der Waals surface area (Å²) in [4.78, 5) is 14.2. The van der Waals surface area contributed by atoms with E-state index in [-0.39, 0.29) is 17.9 Å². The van der Waals surface area contributed by atoms with Gasteiger partial charge in [0.1, 0.15) is 5.76 Å². The second-order valence-electron chi connectivity index (χ2n) is 5.05. The molecule has 0 bridgehead atoms. The Morgan fingerprint density at radius 3 is 2.67 bits per heavy atom. The van der Waals surface area contributed by atoms with Crippen molar-refractivity contribution < 1.29 is 9.21 Å². The molecule has 2 aromatic rings. The van der Waals surface area contributed by atoms with E-state index < -0.39 is 0 Å². The molecule has 106 valence electrons. The number of furan rings is 1. The van der Waals surface area contributed by atoms with Crippen molar-refractivity contribution in [1.29, 1.82) is 0 Å². The third kappa shape index (κ3) is 2.55. The lowest BCUT2D eigenvalue weighted by Gasteiger charge is -2.46. The quantitative estimate of drug-likeness (QED) is 0.617. The maximum atomic E-state index is 12.4. The summed E-state index contributed by atoms with van der Waals surface area (Å²) in [6, 6.07) is 13.9. The van der Waals surface area contributed by atoms with E-state index in [2.05, 4.69) is 18.7 Å². The lowest BCUT2D eigenvalue weighted by molar-refractivity contribution is -0.154. The number of nitrogens with zero attached hydrogens (tertiary/aromatic N) is 1. The molecule has 3 rings (SSSR count). The van der Waals surface area contributed by atoms with Gasteiger partial charge in [-0.2, -0.15) is 0 Å². The summed E-state index contributed by atoms with van der Waals surface area (Å²) in [5.41, 5.74) is 1.14. The van der Waals surface area contributed by atoms with Crippen LogP contribution in [0.2, 0.25) is 0 Å². The number of carbonyl (C=O) groups is 1. The van der Waals surface area contributed by atoms with Crippen LogP contribution in [0.5, 0.6) is 0 Å². The first-order valence-corrected chi connectivity index (χ1v) is 6.98. The van der Waals surface area contributed by atoms with Gasteiger partial charge in [0.15, 0.2) is 0 Å². The van der Waals surface area contributed by atoms with Gasteiger partial charge in [-0.1, -0.05) is 55.1 Å². The molecule has 3 nitrogen and oxygen atoms in total. The number of benzene rings is 1. The number of amides is 1. The van der Waals surface area contributed by atoms with E-state index in [1.165, 1.54) is 0 Å². The molecule has 1 aromatic heterocycles. The minimum Gasteiger partial charge on any atom is -0.467 e. The second kappa shape index (κ2) is 5.83. The van der Waals surface area contributed by atoms with E-state index in [4.69, 9.17) is 4.42 Å². The van der Waals surface area contributed by atoms with Gasteiger partial charge < -0.3 is 9.32 Å². The van der Waals surface area contributed by atoms with E-state index >= 15 is 0 Å². The van der Waals surface area contributed by atoms with Crippen LogP contribution in [-0.2, 0) is 11.3 Å². The van der Waals surface area contributed by atoms with Crippen molar-refractivity contribution in [2.24, 2.45) is 5.92 Å². The van der Waals surface area contributed by atoms with E-state index in [9.17, 15) is 4.79 Å². The average molecular weight is 279 g/mol. The Labute approximate surface area is 124 Å². The summed E-state index contributed by atoms with van der Waals surface area (Å²) < 4.78 is 5.36. The molecule has 1 amide bonds. The van der Waals surface area contributed by atoms with Crippen molar-refractivity contribution in [3.8, 4) is 0 Å². The van der Waals surface area contributed by atoms with Gasteiger partial charge in [-0.3, -0.25) is 4.79 Å². The van der Waals surface area contributed by atoms with Crippen molar-refractivity contribution in [2.45, 2.75) is 12.6 Å². The van der Waals surface area contributed by atoms with Gasteiger partial charge in [0.2, 0.25) is 5.91 Å². The molecule has 1 fully saturated rings. The molecule has 0 radical (unpaired) electrons. The molecule has 0 aliphatic carbocycles. The topological polar surface area (TPSA) is 33.5 Å². The zero-order chi connectivity index (χ0) is 14.7. The molecule has 0 saturated carbocycles. The first-order valence-electron chi connectivity index (χ1n) is 6.98. The molecular formula is C18H17NO2. The molecule has 0 unspecified atom stereocenters. The van der Waals surface area contributed by atoms with Crippen LogP contribution in [0.3, 0.4) is 0 Å². The predicted octanol–water partition coefficient (Wildman–Crippen LogP) is 3.72. The molecule has 1 saturated heterocycles. The van der Waals surface area contributed by atoms with E-state index in [0.29, 0.717) is 6.54 Å². The molecule has 3 heteroatoms. The second-order valence-corrected chi connectivity index (χ2v) is 5.05. The number of carbonyl (C=O) groups excluding carboxylic acids is 1. The van der Waals surface area contributed by atoms with E-state index in [1.807, 2.05) is 47.4 Å². The van der Waals surface area contributed by atoms with Gasteiger partial charge in [0.25, 0.3) is 0 Å². The van der Waals surface area contributed by atoms with Gasteiger partial charge in [0, 0.05) is 0 Å². The third-order valence-corrected chi connectivity index (χ3v) is 3.75. The van der Waals surface area contributed by atoms with Crippen LogP contribution in [0.25, 0.3) is 0 Å². The highest BCUT2D eigenvalue weighted by Crippen LogP contribution is 2.41. The Kier molecular flexibility index (Phi) is 3.73. The summed E-state index contributed by atoms with van der Waals surface area (Å²) in [5.74, 6) is 0.800. The number of likely N-dealkylation sites (tertiary alicyclic amines) is 1. The number of β-lactam (4-membered cyclic amide) rings is 1. The van der Waals surface area contributed by atoms with Crippen LogP contribution >= 0.6 is 0 Å². The minimum absolute atomic E-state index is 0.0556. The van der Waals surface area contributed by atoms with Crippen LogP contribution in [0.4, 0.5) is 0 Å². The smallest absolute Gasteiger partial charge is 0.232 e. The number of allylic oxidation sites excluding steroid dienone is 2. The third-order valence-electron chi connectivity index (χ3n) is 3.75. The highest BCUT2D eigenvalue weighted by Gasteiger charge is 2.46.